The summed E-state index contributed by atoms with van der Waals surface area (Å²) in [7, 11) is -0.543. The molecule has 6 aliphatic rings. The van der Waals surface area contributed by atoms with Gasteiger partial charge in [0.25, 0.3) is 0 Å². The zero-order valence-corrected chi connectivity index (χ0v) is 39.0. The zero-order chi connectivity index (χ0) is 43.9. The molecule has 0 radical (unpaired) electrons. The van der Waals surface area contributed by atoms with E-state index in [1.165, 1.54) is 5.56 Å². The first-order chi connectivity index (χ1) is 28.1. The summed E-state index contributed by atoms with van der Waals surface area (Å²) in [5.74, 6) is 0. The number of hydrogen-bond acceptors (Lipinski definition) is 8. The fourth-order valence-electron chi connectivity index (χ4n) is 9.81. The second kappa shape index (κ2) is 12.5. The summed E-state index contributed by atoms with van der Waals surface area (Å²) in [6, 6.07) is 27.0. The van der Waals surface area contributed by atoms with E-state index in [0.717, 1.165) is 61.1 Å². The lowest BCUT2D eigenvalue weighted by Crippen LogP contribution is -2.41. The highest BCUT2D eigenvalue weighted by Crippen LogP contribution is 2.64. The molecular formula is C52H63BO8. The molecule has 1 spiro atoms. The number of fused-ring (bicyclic) bond motifs is 10. The van der Waals surface area contributed by atoms with Crippen LogP contribution in [0.5, 0.6) is 0 Å². The van der Waals surface area contributed by atoms with Gasteiger partial charge in [-0.25, -0.2) is 0 Å². The van der Waals surface area contributed by atoms with Crippen molar-refractivity contribution >= 4 is 12.6 Å². The molecule has 4 fully saturated rings. The highest BCUT2D eigenvalue weighted by molar-refractivity contribution is 6.62. The highest BCUT2D eigenvalue weighted by atomic mass is 16.8. The average molecular weight is 827 g/mol. The maximum atomic E-state index is 6.73. The first kappa shape index (κ1) is 41.6. The second-order valence-corrected chi connectivity index (χ2v) is 22.3. The Kier molecular flexibility index (Phi) is 8.50. The fourth-order valence-corrected chi connectivity index (χ4v) is 9.81. The topological polar surface area (TPSA) is 73.8 Å². The van der Waals surface area contributed by atoms with Crippen molar-refractivity contribution in [3.8, 4) is 22.3 Å². The quantitative estimate of drug-likeness (QED) is 0.163. The van der Waals surface area contributed by atoms with Crippen LogP contribution in [0.25, 0.3) is 22.3 Å². The predicted molar refractivity (Wildman–Crippen MR) is 238 cm³/mol. The van der Waals surface area contributed by atoms with E-state index in [9.17, 15) is 0 Å². The van der Waals surface area contributed by atoms with Gasteiger partial charge in [0.2, 0.25) is 0 Å². The van der Waals surface area contributed by atoms with Crippen LogP contribution >= 0.6 is 0 Å². The minimum atomic E-state index is -0.761. The molecule has 4 heterocycles. The van der Waals surface area contributed by atoms with E-state index >= 15 is 0 Å². The zero-order valence-electron chi connectivity index (χ0n) is 39.0. The van der Waals surface area contributed by atoms with E-state index in [2.05, 4.69) is 184 Å². The summed E-state index contributed by atoms with van der Waals surface area (Å²) < 4.78 is 53.6. The van der Waals surface area contributed by atoms with Gasteiger partial charge in [-0.3, -0.25) is 0 Å². The Labute approximate surface area is 363 Å². The minimum absolute atomic E-state index is 0.481. The third kappa shape index (κ3) is 5.67. The molecule has 322 valence electrons. The third-order valence-electron chi connectivity index (χ3n) is 16.5. The van der Waals surface area contributed by atoms with Crippen LogP contribution < -0.4 is 5.46 Å². The van der Waals surface area contributed by atoms with Crippen molar-refractivity contribution in [1.29, 1.82) is 0 Å². The molecule has 4 aromatic rings. The Bertz CT molecular complexity index is 2360. The van der Waals surface area contributed by atoms with Gasteiger partial charge in [-0.15, -0.1) is 0 Å². The first-order valence-corrected chi connectivity index (χ1v) is 22.1. The van der Waals surface area contributed by atoms with Crippen molar-refractivity contribution in [3.63, 3.8) is 0 Å². The number of ether oxygens (including phenoxy) is 6. The van der Waals surface area contributed by atoms with Crippen molar-refractivity contribution in [2.45, 2.75) is 180 Å². The molecule has 8 nitrogen and oxygen atoms in total. The van der Waals surface area contributed by atoms with Gasteiger partial charge in [-0.05, 0) is 179 Å². The van der Waals surface area contributed by atoms with E-state index in [1.807, 2.05) is 0 Å². The fraction of sp³-hybridized carbons (Fsp3) is 0.538. The van der Waals surface area contributed by atoms with Gasteiger partial charge >= 0.3 is 7.12 Å². The molecule has 9 heteroatoms. The van der Waals surface area contributed by atoms with Crippen molar-refractivity contribution in [3.05, 3.63) is 112 Å². The molecule has 4 saturated heterocycles. The Morgan fingerprint density at radius 1 is 0.328 bits per heavy atom. The number of hydrogen-bond donors (Lipinski definition) is 0. The molecule has 61 heavy (non-hydrogen) atoms. The molecule has 0 amide bonds. The Morgan fingerprint density at radius 3 is 1.07 bits per heavy atom. The van der Waals surface area contributed by atoms with E-state index in [-0.39, 0.29) is 0 Å². The average Bonchev–Trinajstić information content (AvgIpc) is 3.88. The standard InChI is InChI=1S/C52H63BO8/c1-44(2)45(3,4)55-41(54-44)29-19-24-37-36(25-29)35-22-18-31(43-58-48(9,10)49(11,12)59-43)27-39(35)52(37)38-26-30(42-56-46(5,6)47(7,8)57-42)17-21-33(38)34-23-20-32(28-40(34)52)53-60-50(13,14)51(15,16)61-53/h17-28,41-43H,1-16H3. The summed E-state index contributed by atoms with van der Waals surface area (Å²) in [5.41, 5.74) is 8.40. The summed E-state index contributed by atoms with van der Waals surface area (Å²) in [5, 5.41) is 0. The van der Waals surface area contributed by atoms with Gasteiger partial charge in [-0.2, -0.15) is 0 Å². The molecule has 10 rings (SSSR count). The SMILES string of the molecule is CC1(C)OB(c2ccc3c(c2)C2(c4ccc(C5OC(C)(C)C(C)(C)O5)cc4-c4ccc(C5OC(C)(C)C(C)(C)O5)cc42)c2cc(C4OC(C)(C)C(C)(C)O4)ccc2-3)OC1(C)C. The van der Waals surface area contributed by atoms with Crippen molar-refractivity contribution in [2.24, 2.45) is 0 Å². The van der Waals surface area contributed by atoms with E-state index in [1.54, 1.807) is 0 Å². The molecule has 4 aliphatic heterocycles. The smallest absolute Gasteiger partial charge is 0.399 e. The lowest BCUT2D eigenvalue weighted by atomic mass is 9.68. The third-order valence-corrected chi connectivity index (χ3v) is 16.5. The molecule has 0 saturated carbocycles. The number of benzene rings is 4. The highest BCUT2D eigenvalue weighted by Gasteiger charge is 2.58. The van der Waals surface area contributed by atoms with Gasteiger partial charge in [0.05, 0.1) is 50.2 Å². The molecule has 0 bridgehead atoms. The molecule has 0 N–H and O–H groups in total. The van der Waals surface area contributed by atoms with Crippen LogP contribution in [0.2, 0.25) is 0 Å². The van der Waals surface area contributed by atoms with Crippen molar-refractivity contribution < 1.29 is 37.7 Å². The van der Waals surface area contributed by atoms with Crippen LogP contribution in [0.15, 0.2) is 72.8 Å². The lowest BCUT2D eigenvalue weighted by molar-refractivity contribution is -0.0900. The van der Waals surface area contributed by atoms with E-state index in [4.69, 9.17) is 37.7 Å². The van der Waals surface area contributed by atoms with Crippen LogP contribution in [0, 0.1) is 0 Å². The van der Waals surface area contributed by atoms with E-state index < -0.39 is 76.2 Å². The Hall–Kier alpha value is -3.38. The lowest BCUT2D eigenvalue weighted by Gasteiger charge is -2.32. The van der Waals surface area contributed by atoms with Gasteiger partial charge in [0, 0.05) is 16.7 Å². The summed E-state index contributed by atoms with van der Waals surface area (Å²) in [6.07, 6.45) is -1.62. The van der Waals surface area contributed by atoms with Crippen LogP contribution in [-0.2, 0) is 43.1 Å². The minimum Gasteiger partial charge on any atom is -0.399 e. The van der Waals surface area contributed by atoms with Crippen molar-refractivity contribution in [1.82, 2.24) is 0 Å². The predicted octanol–water partition coefficient (Wildman–Crippen LogP) is 11.1. The monoisotopic (exact) mass is 826 g/mol. The van der Waals surface area contributed by atoms with Crippen LogP contribution in [0.3, 0.4) is 0 Å². The molecule has 1 atom stereocenters. The van der Waals surface area contributed by atoms with Gasteiger partial charge in [0.15, 0.2) is 18.9 Å². The summed E-state index contributed by atoms with van der Waals surface area (Å²) in [6.45, 7) is 33.7. The van der Waals surface area contributed by atoms with Gasteiger partial charge in [0.1, 0.15) is 0 Å². The molecular weight excluding hydrogens is 763 g/mol. The van der Waals surface area contributed by atoms with Crippen molar-refractivity contribution in [2.75, 3.05) is 0 Å². The molecule has 1 unspecified atom stereocenters. The normalized spacial score (nSPS) is 28.0. The second-order valence-electron chi connectivity index (χ2n) is 22.3. The molecule has 2 aliphatic carbocycles. The maximum absolute atomic E-state index is 6.73. The first-order valence-electron chi connectivity index (χ1n) is 22.1. The largest absolute Gasteiger partial charge is 0.494 e. The summed E-state index contributed by atoms with van der Waals surface area (Å²) in [4.78, 5) is 0. The van der Waals surface area contributed by atoms with Crippen LogP contribution in [0.1, 0.15) is 169 Å². The summed E-state index contributed by atoms with van der Waals surface area (Å²) >= 11 is 0. The van der Waals surface area contributed by atoms with Crippen LogP contribution in [-0.4, -0.2) is 51.9 Å². The molecule has 0 aromatic heterocycles. The van der Waals surface area contributed by atoms with Gasteiger partial charge in [-0.1, -0.05) is 54.6 Å². The van der Waals surface area contributed by atoms with Gasteiger partial charge < -0.3 is 37.7 Å². The maximum Gasteiger partial charge on any atom is 0.494 e. The molecule has 4 aromatic carbocycles. The van der Waals surface area contributed by atoms with Crippen LogP contribution in [0.4, 0.5) is 0 Å². The number of rotatable bonds is 4. The Morgan fingerprint density at radius 2 is 0.656 bits per heavy atom. The Balaban J connectivity index is 1.23. The van der Waals surface area contributed by atoms with E-state index in [0.29, 0.717) is 0 Å².